The van der Waals surface area contributed by atoms with Crippen LogP contribution in [0.15, 0.2) is 30.3 Å². The minimum absolute atomic E-state index is 0.0621. The van der Waals surface area contributed by atoms with Crippen molar-refractivity contribution in [1.82, 2.24) is 0 Å². The fraction of sp³-hybridized carbons (Fsp3) is 0.0833. The van der Waals surface area contributed by atoms with Gasteiger partial charge in [-0.3, -0.25) is 4.79 Å². The number of hydrogen-bond acceptors (Lipinski definition) is 3. The number of ether oxygens (including phenoxy) is 1. The number of phenols is 1. The second-order valence-electron chi connectivity index (χ2n) is 3.22. The molecular weight excluding hydrogens is 192 g/mol. The number of aromatic hydroxyl groups is 1. The molecule has 0 saturated carbocycles. The summed E-state index contributed by atoms with van der Waals surface area (Å²) >= 11 is 0. The molecule has 0 unspecified atom stereocenters. The normalized spacial score (nSPS) is 10.2. The fourth-order valence-corrected chi connectivity index (χ4v) is 1.63. The van der Waals surface area contributed by atoms with E-state index in [-0.39, 0.29) is 5.75 Å². The van der Waals surface area contributed by atoms with Crippen LogP contribution in [0.1, 0.15) is 10.4 Å². The number of fused-ring (bicyclic) bond motifs is 1. The summed E-state index contributed by atoms with van der Waals surface area (Å²) in [5, 5.41) is 11.2. The number of phenolic OH excluding ortho intramolecular Hbond substituents is 1. The third-order valence-electron chi connectivity index (χ3n) is 2.30. The molecule has 0 aliphatic carbocycles. The Morgan fingerprint density at radius 2 is 2.13 bits per heavy atom. The van der Waals surface area contributed by atoms with Crippen LogP contribution >= 0.6 is 0 Å². The molecule has 1 N–H and O–H groups in total. The van der Waals surface area contributed by atoms with Crippen LogP contribution < -0.4 is 4.74 Å². The minimum Gasteiger partial charge on any atom is -0.507 e. The second kappa shape index (κ2) is 3.61. The molecule has 0 aromatic heterocycles. The molecule has 0 spiro atoms. The van der Waals surface area contributed by atoms with E-state index in [1.165, 1.54) is 6.07 Å². The van der Waals surface area contributed by atoms with Crippen molar-refractivity contribution in [3.63, 3.8) is 0 Å². The van der Waals surface area contributed by atoms with Crippen LogP contribution in [0.4, 0.5) is 0 Å². The van der Waals surface area contributed by atoms with Gasteiger partial charge in [-0.1, -0.05) is 12.1 Å². The number of aldehydes is 1. The molecule has 0 fully saturated rings. The molecular formula is C12H10O3. The lowest BCUT2D eigenvalue weighted by Crippen LogP contribution is -1.87. The molecule has 0 aliphatic heterocycles. The predicted octanol–water partition coefficient (Wildman–Crippen LogP) is 2.37. The summed E-state index contributed by atoms with van der Waals surface area (Å²) < 4.78 is 5.13. The summed E-state index contributed by atoms with van der Waals surface area (Å²) in [5.41, 5.74) is 0.452. The monoisotopic (exact) mass is 202 g/mol. The summed E-state index contributed by atoms with van der Waals surface area (Å²) in [6, 6.07) is 8.55. The maximum absolute atomic E-state index is 10.6. The molecule has 15 heavy (non-hydrogen) atoms. The Bertz CT molecular complexity index is 518. The number of hydrogen-bond donors (Lipinski definition) is 1. The van der Waals surface area contributed by atoms with E-state index in [0.717, 1.165) is 5.39 Å². The van der Waals surface area contributed by atoms with Crippen molar-refractivity contribution >= 4 is 17.1 Å². The molecule has 76 valence electrons. The van der Waals surface area contributed by atoms with E-state index in [4.69, 9.17) is 4.74 Å². The highest BCUT2D eigenvalue weighted by atomic mass is 16.5. The van der Waals surface area contributed by atoms with Gasteiger partial charge in [0.2, 0.25) is 0 Å². The molecule has 2 rings (SSSR count). The lowest BCUT2D eigenvalue weighted by Gasteiger charge is -2.07. The van der Waals surface area contributed by atoms with E-state index in [0.29, 0.717) is 23.0 Å². The van der Waals surface area contributed by atoms with Gasteiger partial charge >= 0.3 is 0 Å². The quantitative estimate of drug-likeness (QED) is 0.760. The van der Waals surface area contributed by atoms with Gasteiger partial charge < -0.3 is 9.84 Å². The molecule has 2 aromatic rings. The first-order valence-electron chi connectivity index (χ1n) is 4.51. The van der Waals surface area contributed by atoms with E-state index in [1.807, 2.05) is 12.1 Å². The van der Waals surface area contributed by atoms with E-state index in [1.54, 1.807) is 19.2 Å². The number of carbonyl (C=O) groups excluding carboxylic acids is 1. The fourth-order valence-electron chi connectivity index (χ4n) is 1.63. The van der Waals surface area contributed by atoms with Gasteiger partial charge in [0.05, 0.1) is 12.5 Å². The lowest BCUT2D eigenvalue weighted by atomic mass is 10.1. The average molecular weight is 202 g/mol. The molecule has 0 atom stereocenters. The van der Waals surface area contributed by atoms with Gasteiger partial charge in [0.1, 0.15) is 17.8 Å². The van der Waals surface area contributed by atoms with Crippen molar-refractivity contribution in [1.29, 1.82) is 0 Å². The minimum atomic E-state index is 0.0621. The van der Waals surface area contributed by atoms with E-state index in [2.05, 4.69) is 0 Å². The zero-order valence-electron chi connectivity index (χ0n) is 8.23. The Labute approximate surface area is 86.9 Å². The predicted molar refractivity (Wildman–Crippen MR) is 57.6 cm³/mol. The van der Waals surface area contributed by atoms with Crippen molar-refractivity contribution < 1.29 is 14.6 Å². The van der Waals surface area contributed by atoms with Gasteiger partial charge in [-0.25, -0.2) is 0 Å². The molecule has 0 radical (unpaired) electrons. The molecule has 3 heteroatoms. The molecule has 0 amide bonds. The maximum atomic E-state index is 10.6. The Kier molecular flexibility index (Phi) is 2.29. The molecule has 2 aromatic carbocycles. The highest BCUT2D eigenvalue weighted by molar-refractivity contribution is 5.97. The highest BCUT2D eigenvalue weighted by Crippen LogP contribution is 2.33. The summed E-state index contributed by atoms with van der Waals surface area (Å²) in [5.74, 6) is 0.662. The molecule has 0 saturated heterocycles. The molecule has 0 heterocycles. The SMILES string of the molecule is COc1cccc2cc(C=O)cc(O)c12. The highest BCUT2D eigenvalue weighted by Gasteiger charge is 2.07. The summed E-state index contributed by atoms with van der Waals surface area (Å²) in [7, 11) is 1.54. The number of carbonyl (C=O) groups is 1. The first kappa shape index (κ1) is 9.52. The standard InChI is InChI=1S/C12H10O3/c1-15-11-4-2-3-9-5-8(7-13)6-10(14)12(9)11/h2-7,14H,1H3. The van der Waals surface area contributed by atoms with Crippen molar-refractivity contribution in [2.75, 3.05) is 7.11 Å². The molecule has 0 bridgehead atoms. The zero-order chi connectivity index (χ0) is 10.8. The van der Waals surface area contributed by atoms with Crippen LogP contribution in [-0.4, -0.2) is 18.5 Å². The average Bonchev–Trinajstić information content (AvgIpc) is 2.27. The summed E-state index contributed by atoms with van der Waals surface area (Å²) in [6.45, 7) is 0. The van der Waals surface area contributed by atoms with Crippen molar-refractivity contribution in [3.05, 3.63) is 35.9 Å². The summed E-state index contributed by atoms with van der Waals surface area (Å²) in [6.07, 6.45) is 0.707. The van der Waals surface area contributed by atoms with Crippen LogP contribution in [0, 0.1) is 0 Å². The van der Waals surface area contributed by atoms with Crippen molar-refractivity contribution in [3.8, 4) is 11.5 Å². The Hall–Kier alpha value is -2.03. The maximum Gasteiger partial charge on any atom is 0.150 e. The first-order valence-corrected chi connectivity index (χ1v) is 4.51. The van der Waals surface area contributed by atoms with Gasteiger partial charge in [-0.2, -0.15) is 0 Å². The van der Waals surface area contributed by atoms with Crippen molar-refractivity contribution in [2.45, 2.75) is 0 Å². The van der Waals surface area contributed by atoms with E-state index >= 15 is 0 Å². The van der Waals surface area contributed by atoms with Crippen molar-refractivity contribution in [2.24, 2.45) is 0 Å². The van der Waals surface area contributed by atoms with Crippen LogP contribution in [0.2, 0.25) is 0 Å². The van der Waals surface area contributed by atoms with Crippen LogP contribution in [0.25, 0.3) is 10.8 Å². The van der Waals surface area contributed by atoms with Gasteiger partial charge in [0, 0.05) is 5.56 Å². The van der Waals surface area contributed by atoms with Crippen LogP contribution in [-0.2, 0) is 0 Å². The number of benzene rings is 2. The lowest BCUT2D eigenvalue weighted by molar-refractivity contribution is 0.112. The molecule has 0 aliphatic rings. The zero-order valence-corrected chi connectivity index (χ0v) is 8.23. The third-order valence-corrected chi connectivity index (χ3v) is 2.30. The van der Waals surface area contributed by atoms with Crippen LogP contribution in [0.3, 0.4) is 0 Å². The Morgan fingerprint density at radius 3 is 2.80 bits per heavy atom. The third kappa shape index (κ3) is 1.52. The number of methoxy groups -OCH3 is 1. The smallest absolute Gasteiger partial charge is 0.150 e. The van der Waals surface area contributed by atoms with E-state index < -0.39 is 0 Å². The molecule has 3 nitrogen and oxygen atoms in total. The Balaban J connectivity index is 2.84. The number of rotatable bonds is 2. The second-order valence-corrected chi connectivity index (χ2v) is 3.22. The van der Waals surface area contributed by atoms with E-state index in [9.17, 15) is 9.90 Å². The topological polar surface area (TPSA) is 46.5 Å². The van der Waals surface area contributed by atoms with Gasteiger partial charge in [-0.15, -0.1) is 0 Å². The van der Waals surface area contributed by atoms with Gasteiger partial charge in [-0.05, 0) is 23.6 Å². The largest absolute Gasteiger partial charge is 0.507 e. The van der Waals surface area contributed by atoms with Gasteiger partial charge in [0.15, 0.2) is 0 Å². The summed E-state index contributed by atoms with van der Waals surface area (Å²) in [4.78, 5) is 10.6. The van der Waals surface area contributed by atoms with Crippen LogP contribution in [0.5, 0.6) is 11.5 Å². The Morgan fingerprint density at radius 1 is 1.33 bits per heavy atom. The first-order chi connectivity index (χ1) is 7.26. The van der Waals surface area contributed by atoms with Gasteiger partial charge in [0.25, 0.3) is 0 Å².